The van der Waals surface area contributed by atoms with Gasteiger partial charge in [-0.1, -0.05) is 30.3 Å². The van der Waals surface area contributed by atoms with E-state index < -0.39 is 0 Å². The summed E-state index contributed by atoms with van der Waals surface area (Å²) in [6.45, 7) is 9.41. The van der Waals surface area contributed by atoms with Crippen LogP contribution < -0.4 is 9.64 Å². The number of aromatic amines is 1. The first-order valence-electron chi connectivity index (χ1n) is 17.5. The van der Waals surface area contributed by atoms with Crippen LogP contribution >= 0.6 is 0 Å². The van der Waals surface area contributed by atoms with Gasteiger partial charge in [0.05, 0.1) is 36.1 Å². The molecule has 5 heterocycles. The van der Waals surface area contributed by atoms with Gasteiger partial charge in [-0.05, 0) is 75.6 Å². The average molecular weight is 673 g/mol. The molecule has 0 unspecified atom stereocenters. The highest BCUT2D eigenvalue weighted by molar-refractivity contribution is 6.00. The lowest BCUT2D eigenvalue weighted by atomic mass is 9.98. The second-order valence-corrected chi connectivity index (χ2v) is 13.5. The number of aromatic nitrogens is 5. The Morgan fingerprint density at radius 2 is 1.82 bits per heavy atom. The summed E-state index contributed by atoms with van der Waals surface area (Å²) in [6, 6.07) is 18.2. The molecule has 5 aromatic rings. The summed E-state index contributed by atoms with van der Waals surface area (Å²) in [5.74, 6) is 0.605. The lowest BCUT2D eigenvalue weighted by Gasteiger charge is -2.29. The van der Waals surface area contributed by atoms with Gasteiger partial charge < -0.3 is 19.1 Å². The minimum absolute atomic E-state index is 0.0433. The number of likely N-dealkylation sites (tertiary alicyclic amines) is 1. The molecule has 0 saturated carbocycles. The zero-order valence-electron chi connectivity index (χ0n) is 29.2. The lowest BCUT2D eigenvalue weighted by Crippen LogP contribution is -2.42. The number of aryl methyl sites for hydroxylation is 1. The van der Waals surface area contributed by atoms with Crippen LogP contribution in [0, 0.1) is 5.92 Å². The third-order valence-electron chi connectivity index (χ3n) is 9.61. The Kier molecular flexibility index (Phi) is 9.49. The van der Waals surface area contributed by atoms with E-state index in [1.54, 1.807) is 12.5 Å². The fraction of sp³-hybridized carbons (Fsp3) is 0.359. The highest BCUT2D eigenvalue weighted by Crippen LogP contribution is 2.32. The highest BCUT2D eigenvalue weighted by Gasteiger charge is 2.33. The van der Waals surface area contributed by atoms with Gasteiger partial charge in [0, 0.05) is 73.9 Å². The maximum absolute atomic E-state index is 13.9. The zero-order valence-corrected chi connectivity index (χ0v) is 29.2. The van der Waals surface area contributed by atoms with Crippen LogP contribution in [0.5, 0.6) is 5.88 Å². The fourth-order valence-corrected chi connectivity index (χ4v) is 6.95. The molecule has 2 amide bonds. The zero-order chi connectivity index (χ0) is 34.8. The van der Waals surface area contributed by atoms with E-state index in [0.29, 0.717) is 38.6 Å². The molecule has 11 nitrogen and oxygen atoms in total. The van der Waals surface area contributed by atoms with Crippen LogP contribution in [-0.4, -0.2) is 91.7 Å². The number of pyridine rings is 1. The molecule has 0 spiro atoms. The number of imidazole rings is 1. The number of carbonyl (C=O) groups is 2. The molecule has 0 radical (unpaired) electrons. The predicted octanol–water partition coefficient (Wildman–Crippen LogP) is 5.80. The maximum atomic E-state index is 13.9. The number of anilines is 1. The molecular formula is C39H44N8O3. The predicted molar refractivity (Wildman–Crippen MR) is 195 cm³/mol. The van der Waals surface area contributed by atoms with Gasteiger partial charge in [-0.2, -0.15) is 5.10 Å². The molecule has 2 aliphatic rings. The molecule has 0 aliphatic carbocycles. The van der Waals surface area contributed by atoms with Crippen molar-refractivity contribution in [2.75, 3.05) is 44.2 Å². The maximum Gasteiger partial charge on any atom is 0.237 e. The largest absolute Gasteiger partial charge is 0.475 e. The Balaban J connectivity index is 0.953. The molecule has 1 fully saturated rings. The molecule has 7 rings (SSSR count). The topological polar surface area (TPSA) is 112 Å². The number of benzene rings is 2. The molecule has 2 aliphatic heterocycles. The van der Waals surface area contributed by atoms with Gasteiger partial charge in [0.15, 0.2) is 0 Å². The minimum Gasteiger partial charge on any atom is -0.475 e. The highest BCUT2D eigenvalue weighted by atomic mass is 16.5. The van der Waals surface area contributed by atoms with Crippen molar-refractivity contribution in [2.24, 2.45) is 13.0 Å². The van der Waals surface area contributed by atoms with E-state index in [4.69, 9.17) is 4.74 Å². The molecular weight excluding hydrogens is 628 g/mol. The summed E-state index contributed by atoms with van der Waals surface area (Å²) in [5.41, 5.74) is 7.86. The van der Waals surface area contributed by atoms with Crippen LogP contribution in [0.2, 0.25) is 0 Å². The molecule has 11 heteroatoms. The standard InChI is InChI=1S/C39H44N8O3/c1-5-47(32-11-12-34-33(20-32)38(43-42-34)30-10-13-36(40-21-30)50-26(2)3)39(49)31-14-17-45(22-31)24-37(48)46-18-15-28(16-19-46)27-6-8-29(9-7-27)35-23-44(4)25-41-35/h6-13,15,20-21,23,25-26,31H,5,14,16-19,22,24H2,1-4H3,(H,42,43)/t31-/m1/s1. The number of hydrogen-bond donors (Lipinski definition) is 1. The van der Waals surface area contributed by atoms with Gasteiger partial charge in [0.1, 0.15) is 5.69 Å². The van der Waals surface area contributed by atoms with Gasteiger partial charge in [0.2, 0.25) is 17.7 Å². The third-order valence-corrected chi connectivity index (χ3v) is 9.61. The van der Waals surface area contributed by atoms with Crippen LogP contribution in [0.4, 0.5) is 5.69 Å². The van der Waals surface area contributed by atoms with Crippen molar-refractivity contribution >= 4 is 34.0 Å². The van der Waals surface area contributed by atoms with Crippen LogP contribution in [0.3, 0.4) is 0 Å². The first kappa shape index (κ1) is 33.2. The lowest BCUT2D eigenvalue weighted by molar-refractivity contribution is -0.132. The summed E-state index contributed by atoms with van der Waals surface area (Å²) in [6.07, 6.45) is 9.34. The quantitative estimate of drug-likeness (QED) is 0.200. The second kappa shape index (κ2) is 14.3. The summed E-state index contributed by atoms with van der Waals surface area (Å²) >= 11 is 0. The molecule has 2 aromatic carbocycles. The minimum atomic E-state index is -0.165. The van der Waals surface area contributed by atoms with Gasteiger partial charge in [-0.15, -0.1) is 0 Å². The Morgan fingerprint density at radius 3 is 2.50 bits per heavy atom. The molecule has 1 saturated heterocycles. The number of carbonyl (C=O) groups excluding carboxylic acids is 2. The number of ether oxygens (including phenoxy) is 1. The van der Waals surface area contributed by atoms with Gasteiger partial charge in [0.25, 0.3) is 0 Å². The van der Waals surface area contributed by atoms with Crippen molar-refractivity contribution in [1.29, 1.82) is 0 Å². The summed E-state index contributed by atoms with van der Waals surface area (Å²) in [5, 5.41) is 8.59. The smallest absolute Gasteiger partial charge is 0.237 e. The summed E-state index contributed by atoms with van der Waals surface area (Å²) in [4.78, 5) is 42.0. The number of hydrogen-bond acceptors (Lipinski definition) is 7. The average Bonchev–Trinajstić information content (AvgIpc) is 3.89. The third kappa shape index (κ3) is 7.04. The molecule has 1 atom stereocenters. The van der Waals surface area contributed by atoms with E-state index in [-0.39, 0.29) is 23.8 Å². The van der Waals surface area contributed by atoms with Crippen molar-refractivity contribution in [3.05, 3.63) is 85.0 Å². The van der Waals surface area contributed by atoms with Crippen molar-refractivity contribution in [3.63, 3.8) is 0 Å². The van der Waals surface area contributed by atoms with Gasteiger partial charge in [-0.3, -0.25) is 19.6 Å². The number of fused-ring (bicyclic) bond motifs is 1. The van der Waals surface area contributed by atoms with Crippen molar-refractivity contribution in [1.82, 2.24) is 34.5 Å². The van der Waals surface area contributed by atoms with E-state index in [1.807, 2.05) is 78.7 Å². The van der Waals surface area contributed by atoms with Crippen LogP contribution in [0.25, 0.3) is 39.0 Å². The van der Waals surface area contributed by atoms with E-state index in [2.05, 4.69) is 55.4 Å². The van der Waals surface area contributed by atoms with Crippen molar-refractivity contribution in [3.8, 4) is 28.4 Å². The molecule has 258 valence electrons. The first-order valence-corrected chi connectivity index (χ1v) is 17.5. The molecule has 3 aromatic heterocycles. The monoisotopic (exact) mass is 672 g/mol. The van der Waals surface area contributed by atoms with Crippen molar-refractivity contribution < 1.29 is 14.3 Å². The van der Waals surface area contributed by atoms with Crippen LogP contribution in [-0.2, 0) is 16.6 Å². The fourth-order valence-electron chi connectivity index (χ4n) is 6.95. The number of rotatable bonds is 10. The molecule has 50 heavy (non-hydrogen) atoms. The van der Waals surface area contributed by atoms with E-state index >= 15 is 0 Å². The number of amides is 2. The normalized spacial score (nSPS) is 16.6. The Hall–Kier alpha value is -5.29. The van der Waals surface area contributed by atoms with Crippen molar-refractivity contribution in [2.45, 2.75) is 39.7 Å². The second-order valence-electron chi connectivity index (χ2n) is 13.5. The number of H-pyrrole nitrogens is 1. The molecule has 1 N–H and O–H groups in total. The number of nitrogens with zero attached hydrogens (tertiary/aromatic N) is 7. The van der Waals surface area contributed by atoms with E-state index in [9.17, 15) is 9.59 Å². The Labute approximate surface area is 292 Å². The SMILES string of the molecule is CCN(C(=O)[C@@H]1CCN(CC(=O)N2CC=C(c3ccc(-c4cn(C)cn4)cc3)CC2)C1)c1ccc2[nH]nc(-c3ccc(OC(C)C)nc3)c2c1. The summed E-state index contributed by atoms with van der Waals surface area (Å²) in [7, 11) is 1.97. The Morgan fingerprint density at radius 1 is 1.02 bits per heavy atom. The van der Waals surface area contributed by atoms with E-state index in [0.717, 1.165) is 58.5 Å². The van der Waals surface area contributed by atoms with Crippen LogP contribution in [0.1, 0.15) is 39.2 Å². The van der Waals surface area contributed by atoms with Crippen LogP contribution in [0.15, 0.2) is 79.4 Å². The Bertz CT molecular complexity index is 2010. The number of nitrogens with one attached hydrogen (secondary N) is 1. The first-order chi connectivity index (χ1) is 24.2. The molecule has 0 bridgehead atoms. The summed E-state index contributed by atoms with van der Waals surface area (Å²) < 4.78 is 7.64. The van der Waals surface area contributed by atoms with Gasteiger partial charge in [-0.25, -0.2) is 9.97 Å². The van der Waals surface area contributed by atoms with Gasteiger partial charge >= 0.3 is 0 Å². The van der Waals surface area contributed by atoms with E-state index in [1.165, 1.54) is 11.1 Å².